The van der Waals surface area contributed by atoms with Gasteiger partial charge >= 0.3 is 5.97 Å². The highest BCUT2D eigenvalue weighted by Crippen LogP contribution is 2.30. The lowest BCUT2D eigenvalue weighted by Gasteiger charge is -2.34. The highest BCUT2D eigenvalue weighted by atomic mass is 16.4. The zero-order valence-electron chi connectivity index (χ0n) is 9.72. The Kier molecular flexibility index (Phi) is 3.13. The van der Waals surface area contributed by atoms with Crippen LogP contribution in [0.2, 0.25) is 0 Å². The first kappa shape index (κ1) is 11.6. The van der Waals surface area contributed by atoms with Gasteiger partial charge in [-0.1, -0.05) is 31.2 Å². The zero-order chi connectivity index (χ0) is 12.4. The average molecular weight is 233 g/mol. The molecular formula is C13H15NO3. The van der Waals surface area contributed by atoms with Crippen LogP contribution in [-0.4, -0.2) is 28.4 Å². The Labute approximate surface area is 99.9 Å². The van der Waals surface area contributed by atoms with E-state index in [1.54, 1.807) is 6.07 Å². The van der Waals surface area contributed by atoms with Gasteiger partial charge in [-0.25, -0.2) is 4.79 Å². The van der Waals surface area contributed by atoms with Gasteiger partial charge in [-0.3, -0.25) is 4.79 Å². The lowest BCUT2D eigenvalue weighted by atomic mass is 9.92. The van der Waals surface area contributed by atoms with E-state index in [4.69, 9.17) is 0 Å². The first-order chi connectivity index (χ1) is 8.15. The molecular weight excluding hydrogens is 218 g/mol. The van der Waals surface area contributed by atoms with Gasteiger partial charge in [-0.2, -0.15) is 0 Å². The van der Waals surface area contributed by atoms with E-state index in [0.29, 0.717) is 13.0 Å². The third-order valence-corrected chi connectivity index (χ3v) is 3.02. The molecule has 1 N–H and O–H groups in total. The Hall–Kier alpha value is -1.84. The van der Waals surface area contributed by atoms with Crippen LogP contribution in [0.5, 0.6) is 0 Å². The van der Waals surface area contributed by atoms with Crippen molar-refractivity contribution in [1.29, 1.82) is 0 Å². The van der Waals surface area contributed by atoms with Crippen molar-refractivity contribution in [2.24, 2.45) is 0 Å². The number of fused-ring (bicyclic) bond motifs is 1. The second-order valence-electron chi connectivity index (χ2n) is 4.20. The molecule has 0 aliphatic carbocycles. The van der Waals surface area contributed by atoms with Crippen molar-refractivity contribution in [2.75, 3.05) is 6.54 Å². The molecule has 1 heterocycles. The molecule has 0 aromatic heterocycles. The van der Waals surface area contributed by atoms with Crippen LogP contribution >= 0.6 is 0 Å². The maximum absolute atomic E-state index is 11.9. The van der Waals surface area contributed by atoms with Crippen LogP contribution in [0.15, 0.2) is 24.3 Å². The summed E-state index contributed by atoms with van der Waals surface area (Å²) in [5.74, 6) is -1.06. The number of benzene rings is 1. The highest BCUT2D eigenvalue weighted by molar-refractivity contribution is 5.89. The van der Waals surface area contributed by atoms with Gasteiger partial charge in [0.05, 0.1) is 6.42 Å². The average Bonchev–Trinajstić information content (AvgIpc) is 2.29. The molecule has 17 heavy (non-hydrogen) atoms. The minimum atomic E-state index is -0.959. The number of nitrogens with zero attached hydrogens (tertiary/aromatic N) is 1. The fourth-order valence-electron chi connectivity index (χ4n) is 2.30. The molecule has 1 aliphatic rings. The smallest absolute Gasteiger partial charge is 0.331 e. The van der Waals surface area contributed by atoms with Gasteiger partial charge in [0.25, 0.3) is 0 Å². The monoisotopic (exact) mass is 233 g/mol. The second kappa shape index (κ2) is 4.57. The number of carbonyl (C=O) groups excluding carboxylic acids is 1. The Balaban J connectivity index is 2.46. The molecule has 0 saturated heterocycles. The second-order valence-corrected chi connectivity index (χ2v) is 4.20. The zero-order valence-corrected chi connectivity index (χ0v) is 9.72. The van der Waals surface area contributed by atoms with Crippen molar-refractivity contribution < 1.29 is 14.7 Å². The molecule has 0 saturated carbocycles. The molecule has 4 nitrogen and oxygen atoms in total. The molecule has 2 rings (SSSR count). The summed E-state index contributed by atoms with van der Waals surface area (Å²) in [5, 5.41) is 9.31. The third-order valence-electron chi connectivity index (χ3n) is 3.02. The van der Waals surface area contributed by atoms with Gasteiger partial charge in [0.2, 0.25) is 5.91 Å². The van der Waals surface area contributed by atoms with E-state index in [1.165, 1.54) is 4.90 Å². The number of rotatable bonds is 3. The lowest BCUT2D eigenvalue weighted by Crippen LogP contribution is -2.44. The van der Waals surface area contributed by atoms with Crippen molar-refractivity contribution >= 4 is 11.9 Å². The predicted octanol–water partition coefficient (Wildman–Crippen LogP) is 1.61. The van der Waals surface area contributed by atoms with Crippen LogP contribution in [0, 0.1) is 0 Å². The largest absolute Gasteiger partial charge is 0.479 e. The fourth-order valence-corrected chi connectivity index (χ4v) is 2.30. The standard InChI is InChI=1S/C13H15NO3/c1-2-7-14-11(15)8-9-5-3-4-6-10(9)12(14)13(16)17/h3-6,12H,2,7-8H2,1H3,(H,16,17). The Morgan fingerprint density at radius 1 is 1.47 bits per heavy atom. The van der Waals surface area contributed by atoms with E-state index in [-0.39, 0.29) is 5.91 Å². The Morgan fingerprint density at radius 3 is 2.82 bits per heavy atom. The maximum atomic E-state index is 11.9. The molecule has 4 heteroatoms. The third kappa shape index (κ3) is 2.02. The summed E-state index contributed by atoms with van der Waals surface area (Å²) in [6, 6.07) is 6.44. The van der Waals surface area contributed by atoms with Gasteiger partial charge < -0.3 is 10.0 Å². The molecule has 90 valence electrons. The first-order valence-corrected chi connectivity index (χ1v) is 5.75. The number of amides is 1. The van der Waals surface area contributed by atoms with Gasteiger partial charge in [-0.15, -0.1) is 0 Å². The molecule has 1 aromatic rings. The van der Waals surface area contributed by atoms with Crippen molar-refractivity contribution in [3.63, 3.8) is 0 Å². The van der Waals surface area contributed by atoms with E-state index in [9.17, 15) is 14.7 Å². The molecule has 1 aliphatic heterocycles. The molecule has 1 atom stereocenters. The van der Waals surface area contributed by atoms with Gasteiger partial charge in [-0.05, 0) is 17.5 Å². The van der Waals surface area contributed by atoms with Crippen LogP contribution in [0.4, 0.5) is 0 Å². The van der Waals surface area contributed by atoms with Crippen LogP contribution in [0.1, 0.15) is 30.5 Å². The molecule has 0 fully saturated rings. The van der Waals surface area contributed by atoms with E-state index in [0.717, 1.165) is 17.5 Å². The van der Waals surface area contributed by atoms with Gasteiger partial charge in [0.15, 0.2) is 6.04 Å². The summed E-state index contributed by atoms with van der Waals surface area (Å²) >= 11 is 0. The van der Waals surface area contributed by atoms with Crippen LogP contribution < -0.4 is 0 Å². The van der Waals surface area contributed by atoms with Gasteiger partial charge in [0, 0.05) is 6.54 Å². The van der Waals surface area contributed by atoms with E-state index in [2.05, 4.69) is 0 Å². The summed E-state index contributed by atoms with van der Waals surface area (Å²) in [6.07, 6.45) is 1.07. The summed E-state index contributed by atoms with van der Waals surface area (Å²) < 4.78 is 0. The fraction of sp³-hybridized carbons (Fsp3) is 0.385. The van der Waals surface area contributed by atoms with Gasteiger partial charge in [0.1, 0.15) is 0 Å². The van der Waals surface area contributed by atoms with Crippen molar-refractivity contribution in [3.05, 3.63) is 35.4 Å². The van der Waals surface area contributed by atoms with Crippen LogP contribution in [0.25, 0.3) is 0 Å². The van der Waals surface area contributed by atoms with E-state index in [1.807, 2.05) is 25.1 Å². The SMILES string of the molecule is CCCN1C(=O)Cc2ccccc2C1C(=O)O. The van der Waals surface area contributed by atoms with Crippen molar-refractivity contribution in [2.45, 2.75) is 25.8 Å². The Morgan fingerprint density at radius 2 is 2.18 bits per heavy atom. The predicted molar refractivity (Wildman–Crippen MR) is 62.5 cm³/mol. The number of hydrogen-bond acceptors (Lipinski definition) is 2. The minimum Gasteiger partial charge on any atom is -0.479 e. The molecule has 0 radical (unpaired) electrons. The van der Waals surface area contributed by atoms with Crippen LogP contribution in [0.3, 0.4) is 0 Å². The lowest BCUT2D eigenvalue weighted by molar-refractivity contribution is -0.151. The molecule has 1 unspecified atom stereocenters. The normalized spacial score (nSPS) is 19.0. The number of carbonyl (C=O) groups is 2. The number of carboxylic acids is 1. The van der Waals surface area contributed by atoms with E-state index >= 15 is 0 Å². The van der Waals surface area contributed by atoms with Crippen molar-refractivity contribution in [3.8, 4) is 0 Å². The quantitative estimate of drug-likeness (QED) is 0.862. The maximum Gasteiger partial charge on any atom is 0.331 e. The topological polar surface area (TPSA) is 57.6 Å². The van der Waals surface area contributed by atoms with Crippen LogP contribution in [-0.2, 0) is 16.0 Å². The summed E-state index contributed by atoms with van der Waals surface area (Å²) in [7, 11) is 0. The van der Waals surface area contributed by atoms with E-state index < -0.39 is 12.0 Å². The summed E-state index contributed by atoms with van der Waals surface area (Å²) in [5.41, 5.74) is 1.57. The number of hydrogen-bond donors (Lipinski definition) is 1. The molecule has 0 bridgehead atoms. The highest BCUT2D eigenvalue weighted by Gasteiger charge is 2.36. The molecule has 1 amide bonds. The van der Waals surface area contributed by atoms with Crippen molar-refractivity contribution in [1.82, 2.24) is 4.90 Å². The summed E-state index contributed by atoms with van der Waals surface area (Å²) in [4.78, 5) is 24.7. The first-order valence-electron chi connectivity index (χ1n) is 5.75. The minimum absolute atomic E-state index is 0.0991. The Bertz CT molecular complexity index is 456. The number of aliphatic carboxylic acids is 1. The molecule has 0 spiro atoms. The molecule has 1 aromatic carbocycles. The number of carboxylic acid groups (broad SMARTS) is 1. The summed E-state index contributed by atoms with van der Waals surface area (Å²) in [6.45, 7) is 2.43.